The Kier molecular flexibility index (Phi) is 6.09. The molecule has 0 N–H and O–H groups in total. The second-order valence-electron chi connectivity index (χ2n) is 7.91. The second-order valence-corrected chi connectivity index (χ2v) is 8.35. The molecule has 4 rings (SSSR count). The van der Waals surface area contributed by atoms with Gasteiger partial charge in [0, 0.05) is 35.3 Å². The third-order valence-corrected chi connectivity index (χ3v) is 5.76. The fourth-order valence-corrected chi connectivity index (χ4v) is 3.98. The highest BCUT2D eigenvalue weighted by atomic mass is 35.5. The molecule has 6 heteroatoms. The molecule has 1 aromatic heterocycles. The molecule has 2 heterocycles. The summed E-state index contributed by atoms with van der Waals surface area (Å²) in [6, 6.07) is 17.1. The lowest BCUT2D eigenvalue weighted by molar-refractivity contribution is 0.0691. The highest BCUT2D eigenvalue weighted by molar-refractivity contribution is 6.30. The van der Waals surface area contributed by atoms with E-state index in [9.17, 15) is 4.79 Å². The molecule has 5 nitrogen and oxygen atoms in total. The summed E-state index contributed by atoms with van der Waals surface area (Å²) in [6.07, 6.45) is 2.27. The molecule has 0 atom stereocenters. The van der Waals surface area contributed by atoms with Crippen molar-refractivity contribution in [1.82, 2.24) is 10.1 Å². The monoisotopic (exact) mass is 423 g/mol. The summed E-state index contributed by atoms with van der Waals surface area (Å²) in [7, 11) is 0. The first-order valence-corrected chi connectivity index (χ1v) is 10.8. The van der Waals surface area contributed by atoms with Gasteiger partial charge in [-0.1, -0.05) is 47.1 Å². The van der Waals surface area contributed by atoms with Crippen molar-refractivity contribution in [1.29, 1.82) is 0 Å². The summed E-state index contributed by atoms with van der Waals surface area (Å²) < 4.78 is 5.84. The van der Waals surface area contributed by atoms with Gasteiger partial charge >= 0.3 is 0 Å². The molecule has 156 valence electrons. The van der Waals surface area contributed by atoms with Gasteiger partial charge in [0.05, 0.1) is 12.1 Å². The highest BCUT2D eigenvalue weighted by Crippen LogP contribution is 2.34. The van der Waals surface area contributed by atoms with Crippen LogP contribution in [0.1, 0.15) is 42.6 Å². The summed E-state index contributed by atoms with van der Waals surface area (Å²) >= 11 is 6.00. The van der Waals surface area contributed by atoms with E-state index in [1.54, 1.807) is 24.3 Å². The Morgan fingerprint density at radius 1 is 1.10 bits per heavy atom. The Labute approximate surface area is 182 Å². The van der Waals surface area contributed by atoms with Crippen LogP contribution in [0.2, 0.25) is 5.02 Å². The van der Waals surface area contributed by atoms with Crippen LogP contribution in [-0.4, -0.2) is 35.1 Å². The van der Waals surface area contributed by atoms with Gasteiger partial charge in [-0.15, -0.1) is 0 Å². The van der Waals surface area contributed by atoms with Crippen LogP contribution in [-0.2, 0) is 6.54 Å². The molecule has 0 bridgehead atoms. The molecule has 1 aliphatic heterocycles. The summed E-state index contributed by atoms with van der Waals surface area (Å²) in [6.45, 7) is 6.38. The molecular formula is C24H26ClN3O2. The van der Waals surface area contributed by atoms with E-state index in [1.165, 1.54) is 0 Å². The molecule has 3 aromatic rings. The number of hydrogen-bond donors (Lipinski definition) is 0. The average Bonchev–Trinajstić information content (AvgIpc) is 3.42. The van der Waals surface area contributed by atoms with Gasteiger partial charge in [-0.2, -0.15) is 0 Å². The van der Waals surface area contributed by atoms with Gasteiger partial charge in [0.1, 0.15) is 5.69 Å². The number of anilines is 1. The van der Waals surface area contributed by atoms with Crippen molar-refractivity contribution >= 4 is 23.4 Å². The minimum absolute atomic E-state index is 0.0122. The predicted molar refractivity (Wildman–Crippen MR) is 120 cm³/mol. The Hall–Kier alpha value is -2.79. The molecule has 1 amide bonds. The topological polar surface area (TPSA) is 49.6 Å². The number of rotatable bonds is 6. The lowest BCUT2D eigenvalue weighted by Crippen LogP contribution is -2.37. The van der Waals surface area contributed by atoms with Gasteiger partial charge in [-0.3, -0.25) is 4.79 Å². The largest absolute Gasteiger partial charge is 0.340 e. The fraction of sp³-hybridized carbons (Fsp3) is 0.333. The van der Waals surface area contributed by atoms with Gasteiger partial charge in [0.15, 0.2) is 0 Å². The summed E-state index contributed by atoms with van der Waals surface area (Å²) in [5.41, 5.74) is 3.36. The number of carbonyl (C=O) groups excluding carboxylic acids is 1. The van der Waals surface area contributed by atoms with Crippen LogP contribution in [0.5, 0.6) is 0 Å². The van der Waals surface area contributed by atoms with Crippen molar-refractivity contribution in [2.75, 3.05) is 18.0 Å². The summed E-state index contributed by atoms with van der Waals surface area (Å²) in [5.74, 6) is 0.746. The molecule has 0 radical (unpaired) electrons. The molecule has 0 aliphatic carbocycles. The van der Waals surface area contributed by atoms with Gasteiger partial charge in [0.25, 0.3) is 5.91 Å². The molecule has 30 heavy (non-hydrogen) atoms. The first kappa shape index (κ1) is 20.5. The quantitative estimate of drug-likeness (QED) is 0.514. The standard InChI is InChI=1S/C24H26ClN3O2/c1-17(2)28(23(29)19-10-12-20(25)13-11-19)16-21-22(18-8-4-3-5-9-18)26-30-24(21)27-14-6-7-15-27/h3-5,8-13,17H,6-7,14-16H2,1-2H3. The molecule has 1 fully saturated rings. The van der Waals surface area contributed by atoms with Crippen LogP contribution in [0.3, 0.4) is 0 Å². The SMILES string of the molecule is CC(C)N(Cc1c(-c2ccccc2)noc1N1CCCC1)C(=O)c1ccc(Cl)cc1. The van der Waals surface area contributed by atoms with Crippen molar-refractivity contribution < 1.29 is 9.32 Å². The van der Waals surface area contributed by atoms with E-state index in [0.29, 0.717) is 17.1 Å². The minimum atomic E-state index is -0.0331. The number of aromatic nitrogens is 1. The normalized spacial score (nSPS) is 13.8. The van der Waals surface area contributed by atoms with Gasteiger partial charge in [-0.25, -0.2) is 0 Å². The zero-order chi connectivity index (χ0) is 21.1. The van der Waals surface area contributed by atoms with E-state index in [4.69, 9.17) is 16.1 Å². The maximum absolute atomic E-state index is 13.3. The number of benzene rings is 2. The maximum atomic E-state index is 13.3. The first-order chi connectivity index (χ1) is 14.5. The molecule has 1 aliphatic rings. The van der Waals surface area contributed by atoms with E-state index in [1.807, 2.05) is 49.1 Å². The molecule has 0 unspecified atom stereocenters. The van der Waals surface area contributed by atoms with Crippen molar-refractivity contribution in [3.8, 4) is 11.3 Å². The maximum Gasteiger partial charge on any atom is 0.254 e. The Morgan fingerprint density at radius 2 is 1.77 bits per heavy atom. The third-order valence-electron chi connectivity index (χ3n) is 5.51. The lowest BCUT2D eigenvalue weighted by Gasteiger charge is -2.28. The van der Waals surface area contributed by atoms with Crippen LogP contribution in [0.15, 0.2) is 59.1 Å². The minimum Gasteiger partial charge on any atom is -0.340 e. The Morgan fingerprint density at radius 3 is 2.40 bits per heavy atom. The Bertz CT molecular complexity index is 993. The fourth-order valence-electron chi connectivity index (χ4n) is 3.85. The molecule has 1 saturated heterocycles. The number of carbonyl (C=O) groups is 1. The number of amides is 1. The molecular weight excluding hydrogens is 398 g/mol. The summed E-state index contributed by atoms with van der Waals surface area (Å²) in [4.78, 5) is 17.4. The molecule has 2 aromatic carbocycles. The van der Waals surface area contributed by atoms with Crippen molar-refractivity contribution in [2.24, 2.45) is 0 Å². The van der Waals surface area contributed by atoms with E-state index < -0.39 is 0 Å². The van der Waals surface area contributed by atoms with Crippen molar-refractivity contribution in [3.63, 3.8) is 0 Å². The van der Waals surface area contributed by atoms with E-state index >= 15 is 0 Å². The van der Waals surface area contributed by atoms with Crippen LogP contribution in [0.25, 0.3) is 11.3 Å². The van der Waals surface area contributed by atoms with Crippen LogP contribution in [0, 0.1) is 0 Å². The predicted octanol–water partition coefficient (Wildman–Crippen LogP) is 5.65. The third kappa shape index (κ3) is 4.21. The van der Waals surface area contributed by atoms with E-state index in [2.05, 4.69) is 10.1 Å². The molecule has 0 saturated carbocycles. The zero-order valence-electron chi connectivity index (χ0n) is 17.3. The number of hydrogen-bond acceptors (Lipinski definition) is 4. The van der Waals surface area contributed by atoms with Gasteiger partial charge in [0.2, 0.25) is 5.88 Å². The lowest BCUT2D eigenvalue weighted by atomic mass is 10.1. The van der Waals surface area contributed by atoms with Gasteiger partial charge < -0.3 is 14.3 Å². The first-order valence-electron chi connectivity index (χ1n) is 10.4. The van der Waals surface area contributed by atoms with Crippen molar-refractivity contribution in [2.45, 2.75) is 39.3 Å². The van der Waals surface area contributed by atoms with Crippen LogP contribution in [0.4, 0.5) is 5.88 Å². The smallest absolute Gasteiger partial charge is 0.254 e. The van der Waals surface area contributed by atoms with E-state index in [-0.39, 0.29) is 11.9 Å². The zero-order valence-corrected chi connectivity index (χ0v) is 18.1. The van der Waals surface area contributed by atoms with Crippen LogP contribution >= 0.6 is 11.6 Å². The number of halogens is 1. The summed E-state index contributed by atoms with van der Waals surface area (Å²) in [5, 5.41) is 5.03. The van der Waals surface area contributed by atoms with Gasteiger partial charge in [-0.05, 0) is 51.0 Å². The number of nitrogens with zero attached hydrogens (tertiary/aromatic N) is 3. The Balaban J connectivity index is 1.72. The highest BCUT2D eigenvalue weighted by Gasteiger charge is 2.29. The molecule has 0 spiro atoms. The van der Waals surface area contributed by atoms with Crippen LogP contribution < -0.4 is 4.90 Å². The van der Waals surface area contributed by atoms with E-state index in [0.717, 1.165) is 48.6 Å². The van der Waals surface area contributed by atoms with Crippen molar-refractivity contribution in [3.05, 3.63) is 70.7 Å². The average molecular weight is 424 g/mol. The second kappa shape index (κ2) is 8.92.